The highest BCUT2D eigenvalue weighted by Crippen LogP contribution is 2.37. The van der Waals surface area contributed by atoms with E-state index in [-0.39, 0.29) is 12.6 Å². The van der Waals surface area contributed by atoms with Crippen LogP contribution in [-0.4, -0.2) is 77.8 Å². The maximum Gasteiger partial charge on any atom is 0.417 e. The number of hydrogen-bond acceptors (Lipinski definition) is 9. The minimum Gasteiger partial charge on any atom is -0.396 e. The second kappa shape index (κ2) is 8.64. The van der Waals surface area contributed by atoms with Gasteiger partial charge in [-0.15, -0.1) is 0 Å². The minimum atomic E-state index is -4.42. The second-order valence-electron chi connectivity index (χ2n) is 8.75. The molecule has 13 heteroatoms. The molecular weight excluding hydrogens is 455 g/mol. The van der Waals surface area contributed by atoms with E-state index in [4.69, 9.17) is 0 Å². The van der Waals surface area contributed by atoms with Crippen molar-refractivity contribution in [2.75, 3.05) is 29.9 Å². The first-order chi connectivity index (χ1) is 16.3. The van der Waals surface area contributed by atoms with Crippen LogP contribution in [-0.2, 0) is 6.18 Å². The molecular formula is C21H24F3N7O3. The molecule has 0 spiro atoms. The fraction of sp³-hybridized carbons (Fsp3) is 0.524. The van der Waals surface area contributed by atoms with Crippen molar-refractivity contribution < 1.29 is 28.5 Å². The Kier molecular flexibility index (Phi) is 5.78. The maximum absolute atomic E-state index is 12.8. The third kappa shape index (κ3) is 4.03. The molecule has 1 aliphatic heterocycles. The Hall–Kier alpha value is -3.03. The van der Waals surface area contributed by atoms with Gasteiger partial charge in [0.15, 0.2) is 11.5 Å². The number of aromatic nitrogens is 5. The molecule has 3 aromatic rings. The molecule has 0 bridgehead atoms. The number of aliphatic hydroxyl groups is 3. The van der Waals surface area contributed by atoms with Gasteiger partial charge in [-0.3, -0.25) is 0 Å². The third-order valence-corrected chi connectivity index (χ3v) is 6.65. The van der Waals surface area contributed by atoms with Crippen molar-refractivity contribution in [1.29, 1.82) is 0 Å². The Bertz CT molecular complexity index is 1160. The maximum atomic E-state index is 12.8. The predicted octanol–water partition coefficient (Wildman–Crippen LogP) is 1.21. The molecule has 1 saturated heterocycles. The lowest BCUT2D eigenvalue weighted by atomic mass is 10.1. The van der Waals surface area contributed by atoms with Crippen molar-refractivity contribution >= 4 is 22.8 Å². The lowest BCUT2D eigenvalue weighted by Crippen LogP contribution is -2.30. The van der Waals surface area contributed by atoms with Gasteiger partial charge in [0, 0.05) is 37.9 Å². The molecule has 1 saturated carbocycles. The molecule has 3 aromatic heterocycles. The Morgan fingerprint density at radius 2 is 1.91 bits per heavy atom. The van der Waals surface area contributed by atoms with Gasteiger partial charge in [0.05, 0.1) is 24.0 Å². The molecule has 0 amide bonds. The first-order valence-electron chi connectivity index (χ1n) is 11.0. The molecule has 0 radical (unpaired) electrons. The fourth-order valence-electron chi connectivity index (χ4n) is 4.78. The first-order valence-corrected chi connectivity index (χ1v) is 11.0. The van der Waals surface area contributed by atoms with Crippen LogP contribution in [0.4, 0.5) is 24.8 Å². The summed E-state index contributed by atoms with van der Waals surface area (Å²) in [5.41, 5.74) is 0.212. The molecule has 34 heavy (non-hydrogen) atoms. The Morgan fingerprint density at radius 3 is 2.59 bits per heavy atom. The number of hydrogen-bond donors (Lipinski definition) is 4. The van der Waals surface area contributed by atoms with E-state index in [0.29, 0.717) is 42.3 Å². The highest BCUT2D eigenvalue weighted by Gasteiger charge is 2.42. The number of halogens is 3. The SMILES string of the molecule is OCC1C[C@@H](n2cnc3c(N[C@H]4CCN(c5ccc(C(F)(F)F)cn5)C4)ncnc32)[C@H](O)[C@@H]1O. The van der Waals surface area contributed by atoms with E-state index >= 15 is 0 Å². The molecule has 5 atom stereocenters. The number of nitrogens with zero attached hydrogens (tertiary/aromatic N) is 6. The summed E-state index contributed by atoms with van der Waals surface area (Å²) in [6.07, 6.45) is -1.64. The third-order valence-electron chi connectivity index (χ3n) is 6.65. The Balaban J connectivity index is 1.31. The molecule has 4 N–H and O–H groups in total. The zero-order chi connectivity index (χ0) is 24.0. The molecule has 2 fully saturated rings. The van der Waals surface area contributed by atoms with E-state index in [1.54, 1.807) is 4.57 Å². The second-order valence-corrected chi connectivity index (χ2v) is 8.75. The number of aliphatic hydroxyl groups excluding tert-OH is 3. The summed E-state index contributed by atoms with van der Waals surface area (Å²) in [5.74, 6) is 0.546. The standard InChI is InChI=1S/C21H24F3N7O3/c22-21(23,24)12-1-2-15(25-6-12)30-4-3-13(7-30)29-19-16-20(27-9-26-19)31(10-28-16)14-5-11(8-32)17(33)18(14)34/h1-2,6,9-11,13-14,17-18,32-34H,3-5,7-8H2,(H,26,27,29)/t11?,13-,14+,17+,18-/m0/s1. The molecule has 1 unspecified atom stereocenters. The van der Waals surface area contributed by atoms with E-state index in [9.17, 15) is 28.5 Å². The fourth-order valence-corrected chi connectivity index (χ4v) is 4.78. The van der Waals surface area contributed by atoms with E-state index in [1.807, 2.05) is 4.90 Å². The molecule has 4 heterocycles. The minimum absolute atomic E-state index is 0.0370. The summed E-state index contributed by atoms with van der Waals surface area (Å²) in [6, 6.07) is 1.88. The van der Waals surface area contributed by atoms with Gasteiger partial charge >= 0.3 is 6.18 Å². The number of anilines is 2. The Morgan fingerprint density at radius 1 is 1.09 bits per heavy atom. The van der Waals surface area contributed by atoms with E-state index in [2.05, 4.69) is 25.3 Å². The number of pyridine rings is 1. The van der Waals surface area contributed by atoms with Gasteiger partial charge in [0.1, 0.15) is 23.8 Å². The van der Waals surface area contributed by atoms with Gasteiger partial charge in [-0.1, -0.05) is 0 Å². The molecule has 5 rings (SSSR count). The van der Waals surface area contributed by atoms with Crippen LogP contribution in [0, 0.1) is 5.92 Å². The highest BCUT2D eigenvalue weighted by molar-refractivity contribution is 5.83. The predicted molar refractivity (Wildman–Crippen MR) is 115 cm³/mol. The lowest BCUT2D eigenvalue weighted by molar-refractivity contribution is -0.137. The number of rotatable bonds is 5. The molecule has 0 aromatic carbocycles. The van der Waals surface area contributed by atoms with Crippen LogP contribution in [0.1, 0.15) is 24.4 Å². The van der Waals surface area contributed by atoms with Gasteiger partial charge in [0.25, 0.3) is 0 Å². The monoisotopic (exact) mass is 479 g/mol. The van der Waals surface area contributed by atoms with Crippen LogP contribution in [0.15, 0.2) is 31.0 Å². The van der Waals surface area contributed by atoms with Crippen LogP contribution in [0.5, 0.6) is 0 Å². The van der Waals surface area contributed by atoms with Crippen LogP contribution >= 0.6 is 0 Å². The van der Waals surface area contributed by atoms with Crippen molar-refractivity contribution in [3.63, 3.8) is 0 Å². The average Bonchev–Trinajstić information content (AvgIpc) is 3.52. The van der Waals surface area contributed by atoms with Crippen molar-refractivity contribution in [2.24, 2.45) is 5.92 Å². The van der Waals surface area contributed by atoms with Gasteiger partial charge in [-0.2, -0.15) is 13.2 Å². The number of nitrogens with one attached hydrogen (secondary N) is 1. The topological polar surface area (TPSA) is 132 Å². The summed E-state index contributed by atoms with van der Waals surface area (Å²) in [4.78, 5) is 18.9. The quantitative estimate of drug-likeness (QED) is 0.426. The lowest BCUT2D eigenvalue weighted by Gasteiger charge is -2.19. The highest BCUT2D eigenvalue weighted by atomic mass is 19.4. The zero-order valence-corrected chi connectivity index (χ0v) is 18.0. The van der Waals surface area contributed by atoms with Gasteiger partial charge in [-0.25, -0.2) is 19.9 Å². The van der Waals surface area contributed by atoms with E-state index in [1.165, 1.54) is 18.7 Å². The van der Waals surface area contributed by atoms with Gasteiger partial charge in [0.2, 0.25) is 0 Å². The number of alkyl halides is 3. The van der Waals surface area contributed by atoms with Crippen LogP contribution in [0.2, 0.25) is 0 Å². The number of fused-ring (bicyclic) bond motifs is 1. The largest absolute Gasteiger partial charge is 0.417 e. The first kappa shape index (κ1) is 22.7. The molecule has 2 aliphatic rings. The van der Waals surface area contributed by atoms with Crippen molar-refractivity contribution in [2.45, 2.75) is 43.3 Å². The van der Waals surface area contributed by atoms with Crippen molar-refractivity contribution in [3.8, 4) is 0 Å². The summed E-state index contributed by atoms with van der Waals surface area (Å²) < 4.78 is 40.1. The van der Waals surface area contributed by atoms with Gasteiger partial charge < -0.3 is 30.1 Å². The number of imidazole rings is 1. The van der Waals surface area contributed by atoms with E-state index < -0.39 is 35.9 Å². The normalized spacial score (nSPS) is 27.6. The smallest absolute Gasteiger partial charge is 0.396 e. The van der Waals surface area contributed by atoms with Crippen LogP contribution < -0.4 is 10.2 Å². The van der Waals surface area contributed by atoms with Gasteiger partial charge in [-0.05, 0) is 25.0 Å². The average molecular weight is 479 g/mol. The summed E-state index contributed by atoms with van der Waals surface area (Å²) in [5, 5.41) is 33.4. The molecule has 10 nitrogen and oxygen atoms in total. The van der Waals surface area contributed by atoms with Crippen LogP contribution in [0.3, 0.4) is 0 Å². The zero-order valence-electron chi connectivity index (χ0n) is 18.0. The molecule has 182 valence electrons. The summed E-state index contributed by atoms with van der Waals surface area (Å²) in [7, 11) is 0. The van der Waals surface area contributed by atoms with Crippen molar-refractivity contribution in [3.05, 3.63) is 36.5 Å². The van der Waals surface area contributed by atoms with E-state index in [0.717, 1.165) is 18.7 Å². The Labute approximate surface area is 192 Å². The summed E-state index contributed by atoms with van der Waals surface area (Å²) in [6.45, 7) is 0.915. The summed E-state index contributed by atoms with van der Waals surface area (Å²) >= 11 is 0. The van der Waals surface area contributed by atoms with Crippen LogP contribution in [0.25, 0.3) is 11.2 Å². The molecule has 1 aliphatic carbocycles. The van der Waals surface area contributed by atoms with Crippen molar-refractivity contribution in [1.82, 2.24) is 24.5 Å².